The Morgan fingerprint density at radius 3 is 1.40 bits per heavy atom. The van der Waals surface area contributed by atoms with Gasteiger partial charge in [0.2, 0.25) is 11.8 Å². The molecule has 10 heteroatoms. The smallest absolute Gasteiger partial charge is 0.240 e. The number of hydrogen-bond acceptors (Lipinski definition) is 6. The molecule has 0 unspecified atom stereocenters. The number of rotatable bonds is 18. The van der Waals surface area contributed by atoms with Crippen molar-refractivity contribution in [2.75, 3.05) is 0 Å². The molecule has 0 radical (unpaired) electrons. The molecular formula is C37H38Br2N4O4. The molecule has 0 saturated carbocycles. The van der Waals surface area contributed by atoms with Crippen LogP contribution < -0.4 is 20.3 Å². The maximum absolute atomic E-state index is 12.3. The predicted octanol–water partition coefficient (Wildman–Crippen LogP) is 8.70. The third-order valence-corrected chi connectivity index (χ3v) is 8.00. The highest BCUT2D eigenvalue weighted by Crippen LogP contribution is 2.24. The second kappa shape index (κ2) is 20.1. The SMILES string of the molecule is O=C(CCCCCCCC(=O)NN=Cc1cc(Br)ccc1OCc1ccccc1)NN=Cc1cc(Br)ccc1OCc1ccccc1. The van der Waals surface area contributed by atoms with Gasteiger partial charge in [0.05, 0.1) is 12.4 Å². The Hall–Kier alpha value is -4.28. The van der Waals surface area contributed by atoms with Crippen molar-refractivity contribution in [1.82, 2.24) is 10.9 Å². The zero-order chi connectivity index (χ0) is 33.1. The van der Waals surface area contributed by atoms with Crippen molar-refractivity contribution in [3.05, 3.63) is 128 Å². The fourth-order valence-corrected chi connectivity index (χ4v) is 5.29. The fraction of sp³-hybridized carbons (Fsp3) is 0.243. The van der Waals surface area contributed by atoms with E-state index in [4.69, 9.17) is 9.47 Å². The molecule has 4 aromatic rings. The van der Waals surface area contributed by atoms with E-state index in [1.807, 2.05) is 97.1 Å². The maximum Gasteiger partial charge on any atom is 0.240 e. The number of nitrogens with one attached hydrogen (secondary N) is 2. The number of carbonyl (C=O) groups is 2. The van der Waals surface area contributed by atoms with Crippen molar-refractivity contribution in [3.8, 4) is 11.5 Å². The van der Waals surface area contributed by atoms with Crippen LogP contribution in [0.25, 0.3) is 0 Å². The summed E-state index contributed by atoms with van der Waals surface area (Å²) in [5, 5.41) is 8.26. The standard InChI is InChI=1S/C37H38Br2N4O4/c38-32-18-20-34(46-26-28-12-6-4-7-13-28)30(22-32)24-40-42-36(44)16-10-2-1-3-11-17-37(45)43-41-25-31-23-33(39)19-21-35(31)47-27-29-14-8-5-9-15-29/h4-9,12-15,18-25H,1-3,10-11,16-17,26-27H2,(H,42,44)(H,43,45). The van der Waals surface area contributed by atoms with Gasteiger partial charge in [-0.05, 0) is 60.4 Å². The summed E-state index contributed by atoms with van der Waals surface area (Å²) in [6.45, 7) is 0.876. The van der Waals surface area contributed by atoms with Crippen LogP contribution >= 0.6 is 31.9 Å². The van der Waals surface area contributed by atoms with E-state index in [1.165, 1.54) is 0 Å². The van der Waals surface area contributed by atoms with Gasteiger partial charge in [-0.1, -0.05) is 112 Å². The monoisotopic (exact) mass is 760 g/mol. The second-order valence-corrected chi connectivity index (χ2v) is 12.6. The van der Waals surface area contributed by atoms with Crippen molar-refractivity contribution >= 4 is 56.1 Å². The molecule has 4 aromatic carbocycles. The van der Waals surface area contributed by atoms with Crippen molar-refractivity contribution in [3.63, 3.8) is 0 Å². The number of benzene rings is 4. The normalized spacial score (nSPS) is 11.1. The largest absolute Gasteiger partial charge is 0.488 e. The molecule has 0 spiro atoms. The van der Waals surface area contributed by atoms with Crippen LogP contribution in [0, 0.1) is 0 Å². The molecule has 0 atom stereocenters. The van der Waals surface area contributed by atoms with Gasteiger partial charge in [0.25, 0.3) is 0 Å². The van der Waals surface area contributed by atoms with E-state index >= 15 is 0 Å². The quantitative estimate of drug-likeness (QED) is 0.0602. The summed E-state index contributed by atoms with van der Waals surface area (Å²) in [6.07, 6.45) is 8.19. The van der Waals surface area contributed by atoms with Crippen LogP contribution in [0.1, 0.15) is 67.2 Å². The number of amides is 2. The molecule has 0 bridgehead atoms. The zero-order valence-corrected chi connectivity index (χ0v) is 29.2. The average molecular weight is 763 g/mol. The minimum absolute atomic E-state index is 0.140. The minimum atomic E-state index is -0.140. The molecule has 0 aliphatic rings. The first-order valence-electron chi connectivity index (χ1n) is 15.5. The molecule has 0 aromatic heterocycles. The molecule has 244 valence electrons. The van der Waals surface area contributed by atoms with Gasteiger partial charge in [0, 0.05) is 32.9 Å². The van der Waals surface area contributed by atoms with Gasteiger partial charge < -0.3 is 9.47 Å². The molecule has 2 amide bonds. The Bertz CT molecular complexity index is 1510. The molecule has 0 heterocycles. The highest BCUT2D eigenvalue weighted by atomic mass is 79.9. The molecule has 0 fully saturated rings. The van der Waals surface area contributed by atoms with E-state index in [9.17, 15) is 9.59 Å². The van der Waals surface area contributed by atoms with E-state index in [0.29, 0.717) is 37.6 Å². The lowest BCUT2D eigenvalue weighted by Crippen LogP contribution is -2.17. The molecule has 2 N–H and O–H groups in total. The molecule has 0 aliphatic carbocycles. The first-order chi connectivity index (χ1) is 23.0. The lowest BCUT2D eigenvalue weighted by Gasteiger charge is -2.10. The Morgan fingerprint density at radius 2 is 0.979 bits per heavy atom. The van der Waals surface area contributed by atoms with Gasteiger partial charge in [-0.2, -0.15) is 10.2 Å². The lowest BCUT2D eigenvalue weighted by atomic mass is 10.1. The van der Waals surface area contributed by atoms with Gasteiger partial charge >= 0.3 is 0 Å². The molecular weight excluding hydrogens is 724 g/mol. The van der Waals surface area contributed by atoms with E-state index in [0.717, 1.165) is 63.3 Å². The number of nitrogens with zero attached hydrogens (tertiary/aromatic N) is 2. The Balaban J connectivity index is 1.08. The van der Waals surface area contributed by atoms with Gasteiger partial charge in [-0.3, -0.25) is 9.59 Å². The topological polar surface area (TPSA) is 101 Å². The third kappa shape index (κ3) is 13.5. The Kier molecular flexibility index (Phi) is 15.2. The Morgan fingerprint density at radius 1 is 0.574 bits per heavy atom. The highest BCUT2D eigenvalue weighted by Gasteiger charge is 2.07. The summed E-state index contributed by atoms with van der Waals surface area (Å²) in [5.74, 6) is 1.08. The summed E-state index contributed by atoms with van der Waals surface area (Å²) < 4.78 is 13.7. The maximum atomic E-state index is 12.3. The molecule has 0 aliphatic heterocycles. The van der Waals surface area contributed by atoms with Crippen LogP contribution in [0.2, 0.25) is 0 Å². The Labute approximate surface area is 292 Å². The van der Waals surface area contributed by atoms with Crippen molar-refractivity contribution < 1.29 is 19.1 Å². The van der Waals surface area contributed by atoms with Crippen LogP contribution in [0.4, 0.5) is 0 Å². The van der Waals surface area contributed by atoms with Crippen LogP contribution in [-0.2, 0) is 22.8 Å². The van der Waals surface area contributed by atoms with E-state index in [2.05, 4.69) is 52.9 Å². The van der Waals surface area contributed by atoms with Crippen LogP contribution in [0.5, 0.6) is 11.5 Å². The number of hydrazone groups is 2. The van der Waals surface area contributed by atoms with E-state index < -0.39 is 0 Å². The van der Waals surface area contributed by atoms with Gasteiger partial charge in [-0.25, -0.2) is 10.9 Å². The minimum Gasteiger partial charge on any atom is -0.488 e. The number of halogens is 2. The molecule has 4 rings (SSSR count). The van der Waals surface area contributed by atoms with E-state index in [1.54, 1.807) is 12.4 Å². The van der Waals surface area contributed by atoms with Crippen LogP contribution in [0.3, 0.4) is 0 Å². The van der Waals surface area contributed by atoms with Crippen molar-refractivity contribution in [2.24, 2.45) is 10.2 Å². The van der Waals surface area contributed by atoms with Gasteiger partial charge in [-0.15, -0.1) is 0 Å². The highest BCUT2D eigenvalue weighted by molar-refractivity contribution is 9.10. The lowest BCUT2D eigenvalue weighted by molar-refractivity contribution is -0.121. The first kappa shape index (κ1) is 35.6. The number of hydrogen-bond donors (Lipinski definition) is 2. The molecule has 8 nitrogen and oxygen atoms in total. The van der Waals surface area contributed by atoms with Gasteiger partial charge in [0.15, 0.2) is 0 Å². The van der Waals surface area contributed by atoms with Gasteiger partial charge in [0.1, 0.15) is 24.7 Å². The molecule has 0 saturated heterocycles. The number of ether oxygens (including phenoxy) is 2. The number of carbonyl (C=O) groups excluding carboxylic acids is 2. The van der Waals surface area contributed by atoms with Crippen LogP contribution in [-0.4, -0.2) is 24.2 Å². The summed E-state index contributed by atoms with van der Waals surface area (Å²) >= 11 is 6.96. The third-order valence-electron chi connectivity index (χ3n) is 7.01. The number of unbranched alkanes of at least 4 members (excludes halogenated alkanes) is 4. The first-order valence-corrected chi connectivity index (χ1v) is 17.1. The summed E-state index contributed by atoms with van der Waals surface area (Å²) in [7, 11) is 0. The van der Waals surface area contributed by atoms with E-state index in [-0.39, 0.29) is 11.8 Å². The second-order valence-electron chi connectivity index (χ2n) is 10.8. The summed E-state index contributed by atoms with van der Waals surface area (Å²) in [6, 6.07) is 31.2. The average Bonchev–Trinajstić information content (AvgIpc) is 3.08. The van der Waals surface area contributed by atoms with Crippen LogP contribution in [0.15, 0.2) is 116 Å². The van der Waals surface area contributed by atoms with Crippen molar-refractivity contribution in [2.45, 2.75) is 58.2 Å². The fourth-order valence-electron chi connectivity index (χ4n) is 4.53. The zero-order valence-electron chi connectivity index (χ0n) is 26.0. The molecule has 47 heavy (non-hydrogen) atoms. The predicted molar refractivity (Wildman–Crippen MR) is 194 cm³/mol. The summed E-state index contributed by atoms with van der Waals surface area (Å²) in [5.41, 5.74) is 8.86. The van der Waals surface area contributed by atoms with Crippen molar-refractivity contribution in [1.29, 1.82) is 0 Å². The summed E-state index contributed by atoms with van der Waals surface area (Å²) in [4.78, 5) is 24.6.